The third-order valence-corrected chi connectivity index (χ3v) is 5.05. The number of rotatable bonds is 2. The predicted molar refractivity (Wildman–Crippen MR) is 84.9 cm³/mol. The summed E-state index contributed by atoms with van der Waals surface area (Å²) < 4.78 is 0.944. The summed E-state index contributed by atoms with van der Waals surface area (Å²) in [5.74, 6) is 0. The van der Waals surface area contributed by atoms with Crippen molar-refractivity contribution in [3.8, 4) is 0 Å². The van der Waals surface area contributed by atoms with E-state index >= 15 is 0 Å². The van der Waals surface area contributed by atoms with E-state index in [1.54, 1.807) is 0 Å². The quantitative estimate of drug-likeness (QED) is 0.753. The van der Waals surface area contributed by atoms with E-state index in [1.165, 1.54) is 24.0 Å². The van der Waals surface area contributed by atoms with Crippen LogP contribution in [0.1, 0.15) is 30.0 Å². The SMILES string of the molecule is Clc1cccc(NC2CCCc3ccccc32)c1Br. The molecular formula is C16H15BrClN. The van der Waals surface area contributed by atoms with E-state index in [-0.39, 0.29) is 0 Å². The summed E-state index contributed by atoms with van der Waals surface area (Å²) in [6, 6.07) is 15.0. The molecule has 2 aromatic rings. The zero-order chi connectivity index (χ0) is 13.2. The van der Waals surface area contributed by atoms with Crippen molar-refractivity contribution in [2.24, 2.45) is 0 Å². The van der Waals surface area contributed by atoms with Crippen LogP contribution in [0.3, 0.4) is 0 Å². The van der Waals surface area contributed by atoms with E-state index in [0.717, 1.165) is 21.6 Å². The molecule has 19 heavy (non-hydrogen) atoms. The van der Waals surface area contributed by atoms with E-state index in [9.17, 15) is 0 Å². The summed E-state index contributed by atoms with van der Waals surface area (Å²) in [7, 11) is 0. The minimum Gasteiger partial charge on any atom is -0.377 e. The van der Waals surface area contributed by atoms with Crippen LogP contribution in [0.15, 0.2) is 46.9 Å². The Morgan fingerprint density at radius 1 is 1.11 bits per heavy atom. The topological polar surface area (TPSA) is 12.0 Å². The summed E-state index contributed by atoms with van der Waals surface area (Å²) in [6.45, 7) is 0. The zero-order valence-electron chi connectivity index (χ0n) is 10.5. The van der Waals surface area contributed by atoms with Crippen molar-refractivity contribution in [3.63, 3.8) is 0 Å². The first kappa shape index (κ1) is 13.0. The number of fused-ring (bicyclic) bond motifs is 1. The molecule has 1 aliphatic rings. The third-order valence-electron chi connectivity index (χ3n) is 3.65. The fourth-order valence-electron chi connectivity index (χ4n) is 2.71. The number of halogens is 2. The largest absolute Gasteiger partial charge is 0.377 e. The van der Waals surface area contributed by atoms with E-state index in [2.05, 4.69) is 51.6 Å². The molecule has 98 valence electrons. The van der Waals surface area contributed by atoms with Gasteiger partial charge in [-0.2, -0.15) is 0 Å². The smallest absolute Gasteiger partial charge is 0.0593 e. The van der Waals surface area contributed by atoms with Crippen LogP contribution >= 0.6 is 27.5 Å². The van der Waals surface area contributed by atoms with Crippen molar-refractivity contribution in [1.29, 1.82) is 0 Å². The third kappa shape index (κ3) is 2.65. The Morgan fingerprint density at radius 3 is 2.84 bits per heavy atom. The lowest BCUT2D eigenvalue weighted by molar-refractivity contribution is 0.600. The van der Waals surface area contributed by atoms with Crippen molar-refractivity contribution < 1.29 is 0 Å². The molecule has 0 saturated carbocycles. The number of hydrogen-bond acceptors (Lipinski definition) is 1. The monoisotopic (exact) mass is 335 g/mol. The van der Waals surface area contributed by atoms with Crippen molar-refractivity contribution in [2.45, 2.75) is 25.3 Å². The normalized spacial score (nSPS) is 17.9. The summed E-state index contributed by atoms with van der Waals surface area (Å²) >= 11 is 9.70. The van der Waals surface area contributed by atoms with Gasteiger partial charge in [-0.1, -0.05) is 41.9 Å². The molecule has 0 aliphatic heterocycles. The van der Waals surface area contributed by atoms with Crippen molar-refractivity contribution >= 4 is 33.2 Å². The second kappa shape index (κ2) is 5.56. The second-order valence-corrected chi connectivity index (χ2v) is 6.09. The molecule has 1 atom stereocenters. The van der Waals surface area contributed by atoms with Gasteiger partial charge in [0.2, 0.25) is 0 Å². The van der Waals surface area contributed by atoms with E-state index in [4.69, 9.17) is 11.6 Å². The maximum atomic E-state index is 6.14. The van der Waals surface area contributed by atoms with Gasteiger partial charge in [0.05, 0.1) is 21.2 Å². The van der Waals surface area contributed by atoms with Gasteiger partial charge in [-0.05, 0) is 58.5 Å². The Balaban J connectivity index is 1.91. The van der Waals surface area contributed by atoms with Gasteiger partial charge in [0, 0.05) is 0 Å². The molecule has 0 saturated heterocycles. The molecule has 0 fully saturated rings. The fraction of sp³-hybridized carbons (Fsp3) is 0.250. The van der Waals surface area contributed by atoms with Crippen LogP contribution in [0.2, 0.25) is 5.02 Å². The Hall–Kier alpha value is -0.990. The molecule has 1 aliphatic carbocycles. The van der Waals surface area contributed by atoms with Crippen LogP contribution in [-0.4, -0.2) is 0 Å². The van der Waals surface area contributed by atoms with E-state index < -0.39 is 0 Å². The predicted octanol–water partition coefficient (Wildman–Crippen LogP) is 5.59. The first-order valence-corrected chi connectivity index (χ1v) is 7.71. The molecule has 0 heterocycles. The molecule has 1 nitrogen and oxygen atoms in total. The van der Waals surface area contributed by atoms with Crippen LogP contribution in [0.25, 0.3) is 0 Å². The number of anilines is 1. The summed E-state index contributed by atoms with van der Waals surface area (Å²) in [5.41, 5.74) is 3.94. The summed E-state index contributed by atoms with van der Waals surface area (Å²) in [6.07, 6.45) is 3.58. The van der Waals surface area contributed by atoms with Crippen molar-refractivity contribution in [1.82, 2.24) is 0 Å². The summed E-state index contributed by atoms with van der Waals surface area (Å²) in [5, 5.41) is 4.36. The van der Waals surface area contributed by atoms with Gasteiger partial charge in [0.25, 0.3) is 0 Å². The van der Waals surface area contributed by atoms with Crippen LogP contribution in [-0.2, 0) is 6.42 Å². The lowest BCUT2D eigenvalue weighted by Gasteiger charge is -2.27. The number of aryl methyl sites for hydroxylation is 1. The molecule has 0 amide bonds. The number of hydrogen-bond donors (Lipinski definition) is 1. The van der Waals surface area contributed by atoms with Gasteiger partial charge in [-0.25, -0.2) is 0 Å². The Morgan fingerprint density at radius 2 is 1.95 bits per heavy atom. The molecule has 0 aromatic heterocycles. The average molecular weight is 337 g/mol. The number of benzene rings is 2. The van der Waals surface area contributed by atoms with Gasteiger partial charge in [-0.3, -0.25) is 0 Å². The highest BCUT2D eigenvalue weighted by Gasteiger charge is 2.20. The second-order valence-electron chi connectivity index (χ2n) is 4.89. The summed E-state index contributed by atoms with van der Waals surface area (Å²) in [4.78, 5) is 0. The first-order valence-electron chi connectivity index (χ1n) is 6.54. The standard InChI is InChI=1S/C16H15BrClN/c17-16-13(18)8-4-10-15(16)19-14-9-3-6-11-5-1-2-7-12(11)14/h1-2,4-5,7-8,10,14,19H,3,6,9H2. The molecular weight excluding hydrogens is 322 g/mol. The Kier molecular flexibility index (Phi) is 3.81. The maximum absolute atomic E-state index is 6.14. The molecule has 3 rings (SSSR count). The highest BCUT2D eigenvalue weighted by Crippen LogP contribution is 2.36. The molecule has 1 unspecified atom stereocenters. The van der Waals surface area contributed by atoms with Gasteiger partial charge >= 0.3 is 0 Å². The molecule has 0 bridgehead atoms. The number of nitrogens with one attached hydrogen (secondary N) is 1. The van der Waals surface area contributed by atoms with Crippen LogP contribution < -0.4 is 5.32 Å². The molecule has 0 spiro atoms. The first-order chi connectivity index (χ1) is 9.25. The minimum atomic E-state index is 0.375. The van der Waals surface area contributed by atoms with Crippen LogP contribution in [0.4, 0.5) is 5.69 Å². The molecule has 0 radical (unpaired) electrons. The lowest BCUT2D eigenvalue weighted by atomic mass is 9.87. The van der Waals surface area contributed by atoms with Gasteiger partial charge < -0.3 is 5.32 Å². The Bertz CT molecular complexity index is 597. The van der Waals surface area contributed by atoms with Gasteiger partial charge in [0.15, 0.2) is 0 Å². The molecule has 2 aromatic carbocycles. The average Bonchev–Trinajstić information content (AvgIpc) is 2.44. The van der Waals surface area contributed by atoms with Crippen molar-refractivity contribution in [3.05, 3.63) is 63.1 Å². The van der Waals surface area contributed by atoms with Gasteiger partial charge in [0.1, 0.15) is 0 Å². The van der Waals surface area contributed by atoms with Crippen LogP contribution in [0.5, 0.6) is 0 Å². The molecule has 1 N–H and O–H groups in total. The minimum absolute atomic E-state index is 0.375. The highest BCUT2D eigenvalue weighted by molar-refractivity contribution is 9.10. The van der Waals surface area contributed by atoms with Crippen LogP contribution in [0, 0.1) is 0 Å². The van der Waals surface area contributed by atoms with E-state index in [1.807, 2.05) is 12.1 Å². The highest BCUT2D eigenvalue weighted by atomic mass is 79.9. The molecule has 3 heteroatoms. The van der Waals surface area contributed by atoms with Crippen molar-refractivity contribution in [2.75, 3.05) is 5.32 Å². The Labute approximate surface area is 127 Å². The van der Waals surface area contributed by atoms with Gasteiger partial charge in [-0.15, -0.1) is 0 Å². The zero-order valence-corrected chi connectivity index (χ0v) is 12.8. The maximum Gasteiger partial charge on any atom is 0.0593 e. The fourth-order valence-corrected chi connectivity index (χ4v) is 3.26. The lowest BCUT2D eigenvalue weighted by Crippen LogP contribution is -2.17. The van der Waals surface area contributed by atoms with E-state index in [0.29, 0.717) is 6.04 Å².